The molecule has 1 amide bonds. The van der Waals surface area contributed by atoms with E-state index in [0.717, 1.165) is 11.1 Å². The van der Waals surface area contributed by atoms with E-state index in [0.29, 0.717) is 28.4 Å². The van der Waals surface area contributed by atoms with Gasteiger partial charge in [0.1, 0.15) is 0 Å². The molecule has 3 aromatic rings. The Morgan fingerprint density at radius 2 is 1.61 bits per heavy atom. The van der Waals surface area contributed by atoms with E-state index in [2.05, 4.69) is 10.0 Å². The van der Waals surface area contributed by atoms with Crippen LogP contribution in [0.3, 0.4) is 0 Å². The highest BCUT2D eigenvalue weighted by molar-refractivity contribution is 7.92. The molecule has 0 aliphatic rings. The number of methoxy groups -OCH3 is 2. The molecular weight excluding hydrogens is 416 g/mol. The van der Waals surface area contributed by atoms with Crippen LogP contribution in [-0.2, 0) is 10.0 Å². The van der Waals surface area contributed by atoms with Crippen molar-refractivity contribution < 1.29 is 22.7 Å². The monoisotopic (exact) mass is 440 g/mol. The summed E-state index contributed by atoms with van der Waals surface area (Å²) in [4.78, 5) is 12.8. The molecular formula is C23H24N2O5S. The first kappa shape index (κ1) is 22.2. The summed E-state index contributed by atoms with van der Waals surface area (Å²) in [5.74, 6) is 0.355. The molecule has 0 aliphatic carbocycles. The van der Waals surface area contributed by atoms with Crippen LogP contribution in [0, 0.1) is 13.8 Å². The third-order valence-corrected chi connectivity index (χ3v) is 6.09. The number of anilines is 2. The Hall–Kier alpha value is -3.52. The molecule has 0 unspecified atom stereocenters. The van der Waals surface area contributed by atoms with Gasteiger partial charge < -0.3 is 14.8 Å². The van der Waals surface area contributed by atoms with Crippen molar-refractivity contribution >= 4 is 27.3 Å². The number of aryl methyl sites for hydroxylation is 2. The van der Waals surface area contributed by atoms with Crippen LogP contribution in [-0.4, -0.2) is 28.5 Å². The van der Waals surface area contributed by atoms with Crippen molar-refractivity contribution in [2.24, 2.45) is 0 Å². The quantitative estimate of drug-likeness (QED) is 0.569. The van der Waals surface area contributed by atoms with Crippen LogP contribution in [0.5, 0.6) is 11.5 Å². The summed E-state index contributed by atoms with van der Waals surface area (Å²) in [6.45, 7) is 3.73. The Kier molecular flexibility index (Phi) is 6.50. The molecule has 162 valence electrons. The maximum atomic E-state index is 12.7. The van der Waals surface area contributed by atoms with Crippen LogP contribution in [0.2, 0.25) is 0 Å². The second-order valence-electron chi connectivity index (χ2n) is 6.94. The van der Waals surface area contributed by atoms with Crippen molar-refractivity contribution in [1.29, 1.82) is 0 Å². The molecule has 0 aromatic heterocycles. The topological polar surface area (TPSA) is 93.7 Å². The van der Waals surface area contributed by atoms with Gasteiger partial charge in [0.2, 0.25) is 0 Å². The third kappa shape index (κ3) is 4.97. The molecule has 2 N–H and O–H groups in total. The Morgan fingerprint density at radius 3 is 2.26 bits per heavy atom. The minimum atomic E-state index is -3.77. The van der Waals surface area contributed by atoms with Gasteiger partial charge >= 0.3 is 0 Å². The van der Waals surface area contributed by atoms with Gasteiger partial charge in [0.05, 0.1) is 30.4 Å². The predicted molar refractivity (Wildman–Crippen MR) is 121 cm³/mol. The van der Waals surface area contributed by atoms with Crippen LogP contribution in [0.4, 0.5) is 11.4 Å². The van der Waals surface area contributed by atoms with E-state index in [-0.39, 0.29) is 4.90 Å². The standard InChI is InChI=1S/C23H24N2O5S/c1-15-8-9-16(2)20(14-15)25-31(27,28)18-12-10-17(11-13-18)24-23(26)19-6-5-7-21(29-3)22(19)30-4/h5-14,25H,1-4H3,(H,24,26). The minimum absolute atomic E-state index is 0.0883. The fourth-order valence-corrected chi connectivity index (χ4v) is 4.15. The zero-order chi connectivity index (χ0) is 22.6. The van der Waals surface area contributed by atoms with Crippen LogP contribution in [0.15, 0.2) is 65.6 Å². The predicted octanol–water partition coefficient (Wildman–Crippen LogP) is 4.37. The first-order valence-corrected chi connectivity index (χ1v) is 11.0. The van der Waals surface area contributed by atoms with Crippen molar-refractivity contribution in [1.82, 2.24) is 0 Å². The number of rotatable bonds is 7. The number of para-hydroxylation sites is 1. The van der Waals surface area contributed by atoms with Crippen molar-refractivity contribution in [3.05, 3.63) is 77.4 Å². The Labute approximate surface area is 182 Å². The summed E-state index contributed by atoms with van der Waals surface area (Å²) in [5, 5.41) is 2.74. The van der Waals surface area contributed by atoms with Gasteiger partial charge in [-0.3, -0.25) is 9.52 Å². The molecule has 0 saturated carbocycles. The summed E-state index contributed by atoms with van der Waals surface area (Å²) in [7, 11) is -0.822. The maximum Gasteiger partial charge on any atom is 0.261 e. The van der Waals surface area contributed by atoms with Crippen LogP contribution >= 0.6 is 0 Å². The number of hydrogen-bond acceptors (Lipinski definition) is 5. The molecule has 7 nitrogen and oxygen atoms in total. The van der Waals surface area contributed by atoms with Crippen LogP contribution in [0.25, 0.3) is 0 Å². The van der Waals surface area contributed by atoms with Gasteiger partial charge in [-0.15, -0.1) is 0 Å². The molecule has 31 heavy (non-hydrogen) atoms. The second kappa shape index (κ2) is 9.09. The number of hydrogen-bond donors (Lipinski definition) is 2. The molecule has 0 spiro atoms. The Balaban J connectivity index is 1.79. The summed E-state index contributed by atoms with van der Waals surface area (Å²) in [6.07, 6.45) is 0. The minimum Gasteiger partial charge on any atom is -0.493 e. The first-order valence-electron chi connectivity index (χ1n) is 9.47. The molecule has 0 atom stereocenters. The van der Waals surface area contributed by atoms with E-state index in [9.17, 15) is 13.2 Å². The number of sulfonamides is 1. The number of benzene rings is 3. The highest BCUT2D eigenvalue weighted by Crippen LogP contribution is 2.31. The lowest BCUT2D eigenvalue weighted by atomic mass is 10.1. The molecule has 0 radical (unpaired) electrons. The first-order chi connectivity index (χ1) is 14.7. The van der Waals surface area contributed by atoms with E-state index in [4.69, 9.17) is 9.47 Å². The second-order valence-corrected chi connectivity index (χ2v) is 8.63. The van der Waals surface area contributed by atoms with Crippen molar-refractivity contribution in [2.45, 2.75) is 18.7 Å². The van der Waals surface area contributed by atoms with Gasteiger partial charge in [-0.25, -0.2) is 8.42 Å². The average molecular weight is 441 g/mol. The van der Waals surface area contributed by atoms with Crippen molar-refractivity contribution in [3.8, 4) is 11.5 Å². The largest absolute Gasteiger partial charge is 0.493 e. The maximum absolute atomic E-state index is 12.7. The number of nitrogens with one attached hydrogen (secondary N) is 2. The van der Waals surface area contributed by atoms with Crippen LogP contribution in [0.1, 0.15) is 21.5 Å². The average Bonchev–Trinajstić information content (AvgIpc) is 2.75. The van der Waals surface area contributed by atoms with Gasteiger partial charge in [-0.05, 0) is 67.4 Å². The third-order valence-electron chi connectivity index (χ3n) is 4.71. The van der Waals surface area contributed by atoms with E-state index in [1.165, 1.54) is 38.5 Å². The molecule has 0 heterocycles. The number of amides is 1. The summed E-state index contributed by atoms with van der Waals surface area (Å²) in [6, 6.07) is 16.5. The summed E-state index contributed by atoms with van der Waals surface area (Å²) in [5.41, 5.74) is 3.05. The number of carbonyl (C=O) groups is 1. The smallest absolute Gasteiger partial charge is 0.261 e. The molecule has 0 bridgehead atoms. The Bertz CT molecular complexity index is 1210. The fourth-order valence-electron chi connectivity index (χ4n) is 3.03. The fraction of sp³-hybridized carbons (Fsp3) is 0.174. The highest BCUT2D eigenvalue weighted by atomic mass is 32.2. The SMILES string of the molecule is COc1cccc(C(=O)Nc2ccc(S(=O)(=O)Nc3cc(C)ccc3C)cc2)c1OC. The molecule has 8 heteroatoms. The molecule has 3 rings (SSSR count). The lowest BCUT2D eigenvalue weighted by Gasteiger charge is -2.13. The normalized spacial score (nSPS) is 11.0. The lowest BCUT2D eigenvalue weighted by Crippen LogP contribution is -2.15. The van der Waals surface area contributed by atoms with Gasteiger partial charge in [0.25, 0.3) is 15.9 Å². The van der Waals surface area contributed by atoms with Crippen molar-refractivity contribution in [3.63, 3.8) is 0 Å². The molecule has 0 aliphatic heterocycles. The van der Waals surface area contributed by atoms with Gasteiger partial charge in [0, 0.05) is 5.69 Å². The number of carbonyl (C=O) groups excluding carboxylic acids is 1. The Morgan fingerprint density at radius 1 is 0.903 bits per heavy atom. The van der Waals surface area contributed by atoms with Gasteiger partial charge in [-0.1, -0.05) is 18.2 Å². The lowest BCUT2D eigenvalue weighted by molar-refractivity contribution is 0.102. The van der Waals surface area contributed by atoms with E-state index < -0.39 is 15.9 Å². The summed E-state index contributed by atoms with van der Waals surface area (Å²) < 4.78 is 38.6. The number of ether oxygens (including phenoxy) is 2. The van der Waals surface area contributed by atoms with Crippen LogP contribution < -0.4 is 19.5 Å². The van der Waals surface area contributed by atoms with Crippen molar-refractivity contribution in [2.75, 3.05) is 24.3 Å². The zero-order valence-corrected chi connectivity index (χ0v) is 18.5. The van der Waals surface area contributed by atoms with E-state index >= 15 is 0 Å². The van der Waals surface area contributed by atoms with E-state index in [1.807, 2.05) is 26.0 Å². The van der Waals surface area contributed by atoms with Gasteiger partial charge in [0.15, 0.2) is 11.5 Å². The van der Waals surface area contributed by atoms with Gasteiger partial charge in [-0.2, -0.15) is 0 Å². The molecule has 3 aromatic carbocycles. The van der Waals surface area contributed by atoms with E-state index in [1.54, 1.807) is 24.3 Å². The molecule has 0 fully saturated rings. The highest BCUT2D eigenvalue weighted by Gasteiger charge is 2.18. The molecule has 0 saturated heterocycles. The summed E-state index contributed by atoms with van der Waals surface area (Å²) >= 11 is 0. The zero-order valence-electron chi connectivity index (χ0n) is 17.7.